The highest BCUT2D eigenvalue weighted by molar-refractivity contribution is 7.71. The van der Waals surface area contributed by atoms with Crippen LogP contribution >= 0.6 is 12.2 Å². The van der Waals surface area contributed by atoms with Crippen LogP contribution in [-0.4, -0.2) is 17.1 Å². The van der Waals surface area contributed by atoms with Crippen LogP contribution in [-0.2, 0) is 23.2 Å². The van der Waals surface area contributed by atoms with Crippen LogP contribution in [0.15, 0.2) is 0 Å². The predicted octanol–water partition coefficient (Wildman–Crippen LogP) is 4.46. The van der Waals surface area contributed by atoms with Crippen LogP contribution in [0.25, 0.3) is 0 Å². The van der Waals surface area contributed by atoms with Crippen molar-refractivity contribution >= 4 is 12.2 Å². The Hall–Kier alpha value is -0.740. The molecule has 1 N–H and O–H groups in total. The standard InChI is InChI=1S/C17H26N2OS/c1-12-7-6-10-17(11-12,20-2)16-18-14-9-5-3-4-8-13(14)15(21)19-16/h12H,3-11H2,1-2H3,(H,18,19,21). The molecule has 3 rings (SSSR count). The lowest BCUT2D eigenvalue weighted by Gasteiger charge is -2.38. The Bertz CT molecular complexity index is 568. The highest BCUT2D eigenvalue weighted by Crippen LogP contribution is 2.41. The van der Waals surface area contributed by atoms with Crippen LogP contribution in [0.5, 0.6) is 0 Å². The first-order chi connectivity index (χ1) is 10.1. The summed E-state index contributed by atoms with van der Waals surface area (Å²) in [7, 11) is 1.82. The number of rotatable bonds is 2. The van der Waals surface area contributed by atoms with Crippen molar-refractivity contribution < 1.29 is 4.74 Å². The molecule has 1 saturated carbocycles. The molecule has 1 aromatic heterocycles. The topological polar surface area (TPSA) is 37.9 Å². The summed E-state index contributed by atoms with van der Waals surface area (Å²) >= 11 is 5.60. The van der Waals surface area contributed by atoms with Crippen LogP contribution in [0.1, 0.15) is 69.0 Å². The quantitative estimate of drug-likeness (QED) is 0.647. The van der Waals surface area contributed by atoms with E-state index in [1.165, 1.54) is 43.4 Å². The van der Waals surface area contributed by atoms with E-state index in [2.05, 4.69) is 11.9 Å². The number of fused-ring (bicyclic) bond motifs is 1. The molecule has 2 aliphatic carbocycles. The van der Waals surface area contributed by atoms with Crippen LogP contribution in [0, 0.1) is 10.6 Å². The zero-order chi connectivity index (χ0) is 14.9. The number of aryl methyl sites for hydroxylation is 1. The monoisotopic (exact) mass is 306 g/mol. The zero-order valence-electron chi connectivity index (χ0n) is 13.2. The summed E-state index contributed by atoms with van der Waals surface area (Å²) in [6.07, 6.45) is 10.5. The molecule has 4 heteroatoms. The Kier molecular flexibility index (Phi) is 4.46. The lowest BCUT2D eigenvalue weighted by Crippen LogP contribution is -2.36. The van der Waals surface area contributed by atoms with E-state index in [1.54, 1.807) is 0 Å². The second-order valence-electron chi connectivity index (χ2n) is 6.81. The summed E-state index contributed by atoms with van der Waals surface area (Å²) in [5.74, 6) is 1.66. The van der Waals surface area contributed by atoms with Gasteiger partial charge in [-0.25, -0.2) is 4.98 Å². The van der Waals surface area contributed by atoms with E-state index in [4.69, 9.17) is 21.9 Å². The van der Waals surface area contributed by atoms with Gasteiger partial charge in [-0.3, -0.25) is 0 Å². The van der Waals surface area contributed by atoms with Crippen LogP contribution in [0.3, 0.4) is 0 Å². The van der Waals surface area contributed by atoms with Gasteiger partial charge in [-0.2, -0.15) is 0 Å². The van der Waals surface area contributed by atoms with Gasteiger partial charge in [-0.1, -0.05) is 32.0 Å². The van der Waals surface area contributed by atoms with Crippen molar-refractivity contribution in [2.75, 3.05) is 7.11 Å². The summed E-state index contributed by atoms with van der Waals surface area (Å²) < 4.78 is 6.77. The van der Waals surface area contributed by atoms with E-state index in [-0.39, 0.29) is 5.60 Å². The molecule has 1 fully saturated rings. The second kappa shape index (κ2) is 6.17. The average molecular weight is 306 g/mol. The van der Waals surface area contributed by atoms with E-state index < -0.39 is 0 Å². The molecule has 0 radical (unpaired) electrons. The van der Waals surface area contributed by atoms with Gasteiger partial charge in [0.2, 0.25) is 0 Å². The molecule has 2 unspecified atom stereocenters. The van der Waals surface area contributed by atoms with Crippen molar-refractivity contribution in [3.8, 4) is 0 Å². The first-order valence-corrected chi connectivity index (χ1v) is 8.73. The minimum absolute atomic E-state index is 0.257. The Balaban J connectivity index is 2.03. The summed E-state index contributed by atoms with van der Waals surface area (Å²) in [6, 6.07) is 0. The molecule has 0 saturated heterocycles. The van der Waals surface area contributed by atoms with E-state index >= 15 is 0 Å². The third-order valence-corrected chi connectivity index (χ3v) is 5.57. The van der Waals surface area contributed by atoms with Gasteiger partial charge in [0.05, 0.1) is 0 Å². The number of aromatic amines is 1. The van der Waals surface area contributed by atoms with Gasteiger partial charge < -0.3 is 9.72 Å². The number of aromatic nitrogens is 2. The molecule has 2 aliphatic rings. The SMILES string of the molecule is COC1(c2nc(=S)c3c([nH]2)CCCCC3)CCCC(C)C1. The molecular formula is C17H26N2OS. The number of ether oxygens (including phenoxy) is 1. The molecule has 21 heavy (non-hydrogen) atoms. The molecule has 2 atom stereocenters. The molecule has 0 aliphatic heterocycles. The number of hydrogen-bond acceptors (Lipinski definition) is 3. The fraction of sp³-hybridized carbons (Fsp3) is 0.765. The zero-order valence-corrected chi connectivity index (χ0v) is 14.0. The van der Waals surface area contributed by atoms with Crippen molar-refractivity contribution in [3.63, 3.8) is 0 Å². The van der Waals surface area contributed by atoms with Gasteiger partial charge in [-0.15, -0.1) is 0 Å². The highest BCUT2D eigenvalue weighted by atomic mass is 32.1. The van der Waals surface area contributed by atoms with Crippen molar-refractivity contribution in [1.82, 2.24) is 9.97 Å². The Morgan fingerprint density at radius 2 is 2.05 bits per heavy atom. The molecule has 0 bridgehead atoms. The maximum Gasteiger partial charge on any atom is 0.140 e. The third kappa shape index (κ3) is 2.93. The van der Waals surface area contributed by atoms with Crippen molar-refractivity contribution in [2.45, 2.75) is 70.3 Å². The Morgan fingerprint density at radius 1 is 1.24 bits per heavy atom. The minimum Gasteiger partial charge on any atom is -0.370 e. The summed E-state index contributed by atoms with van der Waals surface area (Å²) in [4.78, 5) is 8.39. The van der Waals surface area contributed by atoms with Gasteiger partial charge in [0.25, 0.3) is 0 Å². The summed E-state index contributed by atoms with van der Waals surface area (Å²) in [6.45, 7) is 2.31. The van der Waals surface area contributed by atoms with Gasteiger partial charge in [0.1, 0.15) is 16.1 Å². The molecule has 1 heterocycles. The number of nitrogens with one attached hydrogen (secondary N) is 1. The fourth-order valence-electron chi connectivity index (χ4n) is 4.01. The molecule has 0 spiro atoms. The smallest absolute Gasteiger partial charge is 0.140 e. The van der Waals surface area contributed by atoms with Crippen LogP contribution < -0.4 is 0 Å². The van der Waals surface area contributed by atoms with Gasteiger partial charge in [0.15, 0.2) is 0 Å². The van der Waals surface area contributed by atoms with Gasteiger partial charge in [0, 0.05) is 18.4 Å². The van der Waals surface area contributed by atoms with E-state index in [9.17, 15) is 0 Å². The summed E-state index contributed by atoms with van der Waals surface area (Å²) in [5, 5.41) is 0. The van der Waals surface area contributed by atoms with Gasteiger partial charge in [-0.05, 0) is 50.9 Å². The summed E-state index contributed by atoms with van der Waals surface area (Å²) in [5.41, 5.74) is 2.34. The van der Waals surface area contributed by atoms with Crippen LogP contribution in [0.4, 0.5) is 0 Å². The Morgan fingerprint density at radius 3 is 2.81 bits per heavy atom. The lowest BCUT2D eigenvalue weighted by atomic mass is 9.78. The van der Waals surface area contributed by atoms with Gasteiger partial charge >= 0.3 is 0 Å². The third-order valence-electron chi connectivity index (χ3n) is 5.24. The lowest BCUT2D eigenvalue weighted by molar-refractivity contribution is -0.0648. The predicted molar refractivity (Wildman–Crippen MR) is 87.0 cm³/mol. The first-order valence-electron chi connectivity index (χ1n) is 8.32. The van der Waals surface area contributed by atoms with Crippen LogP contribution in [0.2, 0.25) is 0 Å². The molecule has 0 aromatic carbocycles. The van der Waals surface area contributed by atoms with E-state index in [1.807, 2.05) is 7.11 Å². The van der Waals surface area contributed by atoms with Crippen molar-refractivity contribution in [3.05, 3.63) is 21.7 Å². The second-order valence-corrected chi connectivity index (χ2v) is 7.19. The molecule has 116 valence electrons. The van der Waals surface area contributed by atoms with E-state index in [0.717, 1.165) is 36.1 Å². The number of H-pyrrole nitrogens is 1. The number of nitrogens with zero attached hydrogens (tertiary/aromatic N) is 1. The molecule has 0 amide bonds. The fourth-order valence-corrected chi connectivity index (χ4v) is 4.33. The molecule has 1 aromatic rings. The Labute approximate surface area is 132 Å². The minimum atomic E-state index is -0.257. The molecule has 3 nitrogen and oxygen atoms in total. The highest BCUT2D eigenvalue weighted by Gasteiger charge is 2.39. The maximum atomic E-state index is 5.97. The van der Waals surface area contributed by atoms with Crippen molar-refractivity contribution in [1.29, 1.82) is 0 Å². The maximum absolute atomic E-state index is 5.97. The number of methoxy groups -OCH3 is 1. The normalized spacial score (nSPS) is 29.7. The largest absolute Gasteiger partial charge is 0.370 e. The number of hydrogen-bond donors (Lipinski definition) is 1. The molecular weight excluding hydrogens is 280 g/mol. The first kappa shape index (κ1) is 15.2. The average Bonchev–Trinajstić information content (AvgIpc) is 2.72. The van der Waals surface area contributed by atoms with Crippen molar-refractivity contribution in [2.24, 2.45) is 5.92 Å². The van der Waals surface area contributed by atoms with E-state index in [0.29, 0.717) is 5.92 Å².